The highest BCUT2D eigenvalue weighted by Crippen LogP contribution is 2.32. The summed E-state index contributed by atoms with van der Waals surface area (Å²) >= 11 is 1.24. The van der Waals surface area contributed by atoms with Crippen LogP contribution in [0.15, 0.2) is 75.3 Å². The van der Waals surface area contributed by atoms with Gasteiger partial charge in [-0.1, -0.05) is 23.9 Å². The molecule has 0 radical (unpaired) electrons. The van der Waals surface area contributed by atoms with Crippen LogP contribution in [0, 0.1) is 10.1 Å². The smallest absolute Gasteiger partial charge is 0.270 e. The summed E-state index contributed by atoms with van der Waals surface area (Å²) in [6.45, 7) is 0.184. The fourth-order valence-electron chi connectivity index (χ4n) is 2.66. The molecule has 0 fully saturated rings. The molecular weight excluding hydrogens is 380 g/mol. The molecule has 0 bridgehead atoms. The average Bonchev–Trinajstić information content (AvgIpc) is 3.35. The molecule has 4 aromatic rings. The third kappa shape index (κ3) is 3.74. The lowest BCUT2D eigenvalue weighted by Gasteiger charge is -2.08. The lowest BCUT2D eigenvalue weighted by molar-refractivity contribution is -0.384. The van der Waals surface area contributed by atoms with Crippen molar-refractivity contribution in [2.75, 3.05) is 0 Å². The van der Waals surface area contributed by atoms with E-state index in [-0.39, 0.29) is 17.8 Å². The van der Waals surface area contributed by atoms with E-state index in [0.29, 0.717) is 15.8 Å². The summed E-state index contributed by atoms with van der Waals surface area (Å²) in [4.78, 5) is 31.5. The average molecular weight is 394 g/mol. The van der Waals surface area contributed by atoms with Crippen molar-refractivity contribution >= 4 is 34.4 Å². The van der Waals surface area contributed by atoms with Crippen molar-refractivity contribution in [1.82, 2.24) is 15.3 Å². The molecule has 0 aliphatic heterocycles. The van der Waals surface area contributed by atoms with Crippen LogP contribution in [0.25, 0.3) is 11.0 Å². The molecule has 4 rings (SSSR count). The number of non-ortho nitro benzene ring substituents is 1. The number of nitro groups is 1. The quantitative estimate of drug-likeness (QED) is 0.375. The van der Waals surface area contributed by atoms with Crippen molar-refractivity contribution < 1.29 is 14.1 Å². The van der Waals surface area contributed by atoms with Crippen molar-refractivity contribution in [2.45, 2.75) is 16.6 Å². The first-order chi connectivity index (χ1) is 13.6. The Morgan fingerprint density at radius 1 is 1.21 bits per heavy atom. The Labute approximate surface area is 163 Å². The maximum atomic E-state index is 12.7. The number of para-hydroxylation sites is 2. The maximum absolute atomic E-state index is 12.7. The van der Waals surface area contributed by atoms with Crippen LogP contribution in [-0.2, 0) is 6.54 Å². The summed E-state index contributed by atoms with van der Waals surface area (Å²) < 4.78 is 5.20. The molecule has 140 valence electrons. The molecule has 2 aromatic heterocycles. The van der Waals surface area contributed by atoms with Crippen molar-refractivity contribution in [3.8, 4) is 0 Å². The molecule has 9 heteroatoms. The SMILES string of the molecule is O=C(NCc1ccco1)c1cc([N+](=O)[O-])ccc1Sc1nc2ccccc2[nH]1. The largest absolute Gasteiger partial charge is 0.467 e. The van der Waals surface area contributed by atoms with E-state index in [2.05, 4.69) is 15.3 Å². The Hall–Kier alpha value is -3.59. The van der Waals surface area contributed by atoms with Crippen LogP contribution in [0.2, 0.25) is 0 Å². The van der Waals surface area contributed by atoms with Crippen LogP contribution >= 0.6 is 11.8 Å². The number of carbonyl (C=O) groups is 1. The molecule has 0 aliphatic carbocycles. The summed E-state index contributed by atoms with van der Waals surface area (Å²) in [5.74, 6) is 0.156. The lowest BCUT2D eigenvalue weighted by Crippen LogP contribution is -2.23. The third-order valence-corrected chi connectivity index (χ3v) is 4.96. The van der Waals surface area contributed by atoms with Gasteiger partial charge in [-0.2, -0.15) is 0 Å². The zero-order valence-corrected chi connectivity index (χ0v) is 15.2. The van der Waals surface area contributed by atoms with E-state index in [0.717, 1.165) is 11.0 Å². The minimum atomic E-state index is -0.529. The summed E-state index contributed by atoms with van der Waals surface area (Å²) in [5.41, 5.74) is 1.72. The molecule has 2 aromatic carbocycles. The van der Waals surface area contributed by atoms with Crippen molar-refractivity contribution in [1.29, 1.82) is 0 Å². The number of imidazole rings is 1. The molecule has 0 spiro atoms. The lowest BCUT2D eigenvalue weighted by atomic mass is 10.2. The molecule has 28 heavy (non-hydrogen) atoms. The van der Waals surface area contributed by atoms with Gasteiger partial charge in [0, 0.05) is 17.0 Å². The predicted octanol–water partition coefficient (Wildman–Crippen LogP) is 4.15. The van der Waals surface area contributed by atoms with Gasteiger partial charge in [-0.15, -0.1) is 0 Å². The first kappa shape index (κ1) is 17.8. The van der Waals surface area contributed by atoms with Crippen LogP contribution in [0.4, 0.5) is 5.69 Å². The molecular formula is C19H14N4O4S. The second kappa shape index (κ2) is 7.57. The number of carbonyl (C=O) groups excluding carboxylic acids is 1. The molecule has 2 heterocycles. The molecule has 0 saturated carbocycles. The van der Waals surface area contributed by atoms with Gasteiger partial charge in [0.2, 0.25) is 0 Å². The Bertz CT molecular complexity index is 1120. The molecule has 0 saturated heterocycles. The minimum absolute atomic E-state index is 0.155. The number of nitro benzene ring substituents is 1. The van der Waals surface area contributed by atoms with Crippen LogP contribution in [0.3, 0.4) is 0 Å². The Balaban J connectivity index is 1.63. The zero-order valence-electron chi connectivity index (χ0n) is 14.4. The van der Waals surface area contributed by atoms with E-state index in [1.165, 1.54) is 30.2 Å². The number of nitrogens with one attached hydrogen (secondary N) is 2. The van der Waals surface area contributed by atoms with Crippen molar-refractivity contribution in [3.05, 3.63) is 82.3 Å². The highest BCUT2D eigenvalue weighted by atomic mass is 32.2. The van der Waals surface area contributed by atoms with E-state index in [1.54, 1.807) is 18.2 Å². The van der Waals surface area contributed by atoms with Gasteiger partial charge in [0.15, 0.2) is 5.16 Å². The van der Waals surface area contributed by atoms with Gasteiger partial charge < -0.3 is 14.7 Å². The second-order valence-electron chi connectivity index (χ2n) is 5.86. The van der Waals surface area contributed by atoms with Crippen LogP contribution in [0.5, 0.6) is 0 Å². The van der Waals surface area contributed by atoms with E-state index < -0.39 is 10.8 Å². The van der Waals surface area contributed by atoms with E-state index >= 15 is 0 Å². The number of rotatable bonds is 6. The first-order valence-corrected chi connectivity index (χ1v) is 9.13. The molecule has 0 unspecified atom stereocenters. The highest BCUT2D eigenvalue weighted by Gasteiger charge is 2.19. The van der Waals surface area contributed by atoms with E-state index in [1.807, 2.05) is 24.3 Å². The highest BCUT2D eigenvalue weighted by molar-refractivity contribution is 7.99. The molecule has 8 nitrogen and oxygen atoms in total. The van der Waals surface area contributed by atoms with E-state index in [9.17, 15) is 14.9 Å². The van der Waals surface area contributed by atoms with Gasteiger partial charge in [-0.3, -0.25) is 14.9 Å². The Kier molecular flexibility index (Phi) is 4.81. The molecule has 1 amide bonds. The molecule has 0 aliphatic rings. The number of aromatic amines is 1. The Morgan fingerprint density at radius 3 is 2.82 bits per heavy atom. The van der Waals surface area contributed by atoms with Gasteiger partial charge in [-0.25, -0.2) is 4.98 Å². The molecule has 2 N–H and O–H groups in total. The van der Waals surface area contributed by atoms with Gasteiger partial charge in [0.25, 0.3) is 11.6 Å². The van der Waals surface area contributed by atoms with Crippen LogP contribution < -0.4 is 5.32 Å². The fourth-order valence-corrected chi connectivity index (χ4v) is 3.57. The van der Waals surface area contributed by atoms with Crippen molar-refractivity contribution in [2.24, 2.45) is 0 Å². The molecule has 0 atom stereocenters. The van der Waals surface area contributed by atoms with Gasteiger partial charge >= 0.3 is 0 Å². The van der Waals surface area contributed by atoms with Gasteiger partial charge in [0.1, 0.15) is 5.76 Å². The number of amides is 1. The number of fused-ring (bicyclic) bond motifs is 1. The van der Waals surface area contributed by atoms with Crippen LogP contribution in [-0.4, -0.2) is 20.8 Å². The van der Waals surface area contributed by atoms with Gasteiger partial charge in [-0.05, 0) is 30.3 Å². The summed E-state index contributed by atoms with van der Waals surface area (Å²) in [6, 6.07) is 15.2. The number of nitrogens with zero attached hydrogens (tertiary/aromatic N) is 2. The first-order valence-electron chi connectivity index (χ1n) is 8.32. The van der Waals surface area contributed by atoms with Crippen LogP contribution in [0.1, 0.15) is 16.1 Å². The fraction of sp³-hybridized carbons (Fsp3) is 0.0526. The maximum Gasteiger partial charge on any atom is 0.270 e. The number of hydrogen-bond acceptors (Lipinski definition) is 6. The number of H-pyrrole nitrogens is 1. The monoisotopic (exact) mass is 394 g/mol. The number of benzene rings is 2. The summed E-state index contributed by atoms with van der Waals surface area (Å²) in [5, 5.41) is 14.5. The summed E-state index contributed by atoms with van der Waals surface area (Å²) in [7, 11) is 0. The minimum Gasteiger partial charge on any atom is -0.467 e. The number of furan rings is 1. The van der Waals surface area contributed by atoms with E-state index in [4.69, 9.17) is 4.42 Å². The topological polar surface area (TPSA) is 114 Å². The predicted molar refractivity (Wildman–Crippen MR) is 103 cm³/mol. The number of aromatic nitrogens is 2. The normalized spacial score (nSPS) is 10.9. The summed E-state index contributed by atoms with van der Waals surface area (Å²) in [6.07, 6.45) is 1.51. The van der Waals surface area contributed by atoms with Crippen molar-refractivity contribution in [3.63, 3.8) is 0 Å². The zero-order chi connectivity index (χ0) is 19.5. The standard InChI is InChI=1S/C19H14N4O4S/c24-18(20-11-13-4-3-9-27-13)14-10-12(23(25)26)7-8-17(14)28-19-21-15-5-1-2-6-16(15)22-19/h1-10H,11H2,(H,20,24)(H,21,22). The van der Waals surface area contributed by atoms with Gasteiger partial charge in [0.05, 0.1) is 34.3 Å². The Morgan fingerprint density at radius 2 is 2.07 bits per heavy atom. The third-order valence-electron chi connectivity index (χ3n) is 4.00. The number of hydrogen-bond donors (Lipinski definition) is 2. The second-order valence-corrected chi connectivity index (χ2v) is 6.89.